The van der Waals surface area contributed by atoms with Crippen molar-refractivity contribution in [3.8, 4) is 0 Å². The first-order valence-electron chi connectivity index (χ1n) is 5.79. The Morgan fingerprint density at radius 3 is 2.16 bits per heavy atom. The molecule has 0 spiro atoms. The summed E-state index contributed by atoms with van der Waals surface area (Å²) in [5, 5.41) is 2.87. The number of halogens is 2. The van der Waals surface area contributed by atoms with E-state index in [1.165, 1.54) is 0 Å². The van der Waals surface area contributed by atoms with Crippen LogP contribution in [0.2, 0.25) is 0 Å². The fourth-order valence-corrected chi connectivity index (χ4v) is 3.77. The molecule has 0 aliphatic rings. The maximum absolute atomic E-state index is 12.3. The first kappa shape index (κ1) is 16.6. The summed E-state index contributed by atoms with van der Waals surface area (Å²) < 4.78 is 1.64. The zero-order valence-corrected chi connectivity index (χ0v) is 14.9. The third kappa shape index (κ3) is 4.26. The standard InChI is InChI=1S/C13H16Br2N2OS/c1-6(2)10(12(16)19)13(18)17-11-8(14)4-7(3)5-9(11)15/h4-6,10H,1-3H3,(H2,16,19)(H,17,18). The Labute approximate surface area is 135 Å². The van der Waals surface area contributed by atoms with Crippen LogP contribution >= 0.6 is 44.1 Å². The Hall–Kier alpha value is -0.460. The molecule has 1 atom stereocenters. The molecule has 19 heavy (non-hydrogen) atoms. The zero-order valence-electron chi connectivity index (χ0n) is 11.0. The molecule has 1 aromatic rings. The van der Waals surface area contributed by atoms with Gasteiger partial charge < -0.3 is 11.1 Å². The largest absolute Gasteiger partial charge is 0.393 e. The second kappa shape index (κ2) is 6.81. The lowest BCUT2D eigenvalue weighted by Crippen LogP contribution is -2.36. The minimum absolute atomic E-state index is 0.0560. The molecule has 0 aliphatic heterocycles. The van der Waals surface area contributed by atoms with Crippen LogP contribution < -0.4 is 11.1 Å². The SMILES string of the molecule is Cc1cc(Br)c(NC(=O)C(C(N)=S)C(C)C)c(Br)c1. The van der Waals surface area contributed by atoms with E-state index in [2.05, 4.69) is 37.2 Å². The molecule has 3 N–H and O–H groups in total. The lowest BCUT2D eigenvalue weighted by atomic mass is 9.95. The molecule has 1 rings (SSSR count). The summed E-state index contributed by atoms with van der Waals surface area (Å²) in [4.78, 5) is 12.5. The number of nitrogens with one attached hydrogen (secondary N) is 1. The summed E-state index contributed by atoms with van der Waals surface area (Å²) in [7, 11) is 0. The first-order valence-corrected chi connectivity index (χ1v) is 7.79. The van der Waals surface area contributed by atoms with Gasteiger partial charge in [0.05, 0.1) is 16.6 Å². The summed E-state index contributed by atoms with van der Waals surface area (Å²) in [6, 6.07) is 3.87. The van der Waals surface area contributed by atoms with Crippen LogP contribution in [0.1, 0.15) is 19.4 Å². The second-order valence-electron chi connectivity index (χ2n) is 4.72. The number of thiocarbonyl (C=S) groups is 1. The number of hydrogen-bond acceptors (Lipinski definition) is 2. The highest BCUT2D eigenvalue weighted by molar-refractivity contribution is 9.11. The van der Waals surface area contributed by atoms with E-state index in [-0.39, 0.29) is 16.8 Å². The van der Waals surface area contributed by atoms with Gasteiger partial charge in [-0.25, -0.2) is 0 Å². The molecule has 0 heterocycles. The minimum Gasteiger partial charge on any atom is -0.393 e. The van der Waals surface area contributed by atoms with Gasteiger partial charge >= 0.3 is 0 Å². The predicted octanol–water partition coefficient (Wildman–Crippen LogP) is 4.02. The van der Waals surface area contributed by atoms with Gasteiger partial charge in [-0.1, -0.05) is 26.1 Å². The number of carbonyl (C=O) groups is 1. The molecule has 0 aliphatic carbocycles. The number of rotatable bonds is 4. The number of amides is 1. The molecule has 1 unspecified atom stereocenters. The molecule has 0 aromatic heterocycles. The van der Waals surface area contributed by atoms with Crippen molar-refractivity contribution >= 4 is 60.7 Å². The molecule has 0 radical (unpaired) electrons. The van der Waals surface area contributed by atoms with Gasteiger partial charge in [0.25, 0.3) is 0 Å². The van der Waals surface area contributed by atoms with Crippen molar-refractivity contribution in [2.75, 3.05) is 5.32 Å². The summed E-state index contributed by atoms with van der Waals surface area (Å²) in [5.41, 5.74) is 7.42. The molecule has 1 aromatic carbocycles. The van der Waals surface area contributed by atoms with E-state index in [9.17, 15) is 4.79 Å². The van der Waals surface area contributed by atoms with Gasteiger partial charge in [-0.3, -0.25) is 4.79 Å². The van der Waals surface area contributed by atoms with Crippen molar-refractivity contribution in [2.45, 2.75) is 20.8 Å². The van der Waals surface area contributed by atoms with Crippen molar-refractivity contribution in [1.82, 2.24) is 0 Å². The van der Waals surface area contributed by atoms with E-state index in [4.69, 9.17) is 18.0 Å². The molecule has 0 saturated heterocycles. The number of benzene rings is 1. The quantitative estimate of drug-likeness (QED) is 0.741. The molecule has 0 saturated carbocycles. The van der Waals surface area contributed by atoms with E-state index in [0.717, 1.165) is 14.5 Å². The fourth-order valence-electron chi connectivity index (χ4n) is 1.78. The summed E-state index contributed by atoms with van der Waals surface area (Å²) in [5.74, 6) is -0.608. The van der Waals surface area contributed by atoms with Crippen molar-refractivity contribution in [2.24, 2.45) is 17.6 Å². The topological polar surface area (TPSA) is 55.1 Å². The summed E-state index contributed by atoms with van der Waals surface area (Å²) in [6.45, 7) is 5.82. The summed E-state index contributed by atoms with van der Waals surface area (Å²) >= 11 is 11.8. The van der Waals surface area contributed by atoms with E-state index in [0.29, 0.717) is 5.69 Å². The van der Waals surface area contributed by atoms with Gasteiger partial charge in [-0.2, -0.15) is 0 Å². The van der Waals surface area contributed by atoms with Gasteiger partial charge in [0, 0.05) is 8.95 Å². The second-order valence-corrected chi connectivity index (χ2v) is 6.90. The fraction of sp³-hybridized carbons (Fsp3) is 0.385. The van der Waals surface area contributed by atoms with Crippen LogP contribution in [0.3, 0.4) is 0 Å². The maximum atomic E-state index is 12.3. The minimum atomic E-state index is -0.477. The number of aryl methyl sites for hydroxylation is 1. The Bertz CT molecular complexity index is 494. The Morgan fingerprint density at radius 1 is 1.32 bits per heavy atom. The molecule has 0 fully saturated rings. The lowest BCUT2D eigenvalue weighted by Gasteiger charge is -2.20. The molecular formula is C13H16Br2N2OS. The number of anilines is 1. The number of nitrogens with two attached hydrogens (primary N) is 1. The number of carbonyl (C=O) groups excluding carboxylic acids is 1. The Morgan fingerprint density at radius 2 is 1.79 bits per heavy atom. The van der Waals surface area contributed by atoms with E-state index in [1.807, 2.05) is 32.9 Å². The van der Waals surface area contributed by atoms with Gasteiger partial charge in [0.2, 0.25) is 5.91 Å². The van der Waals surface area contributed by atoms with Gasteiger partial charge in [0.1, 0.15) is 0 Å². The third-order valence-electron chi connectivity index (χ3n) is 2.69. The van der Waals surface area contributed by atoms with Crippen molar-refractivity contribution < 1.29 is 4.79 Å². The Balaban J connectivity index is 3.03. The average Bonchev–Trinajstić information content (AvgIpc) is 2.22. The van der Waals surface area contributed by atoms with E-state index < -0.39 is 5.92 Å². The average molecular weight is 408 g/mol. The third-order valence-corrected chi connectivity index (χ3v) is 4.20. The summed E-state index contributed by atoms with van der Waals surface area (Å²) in [6.07, 6.45) is 0. The highest BCUT2D eigenvalue weighted by Crippen LogP contribution is 2.33. The normalized spacial score (nSPS) is 12.3. The highest BCUT2D eigenvalue weighted by atomic mass is 79.9. The zero-order chi connectivity index (χ0) is 14.7. The van der Waals surface area contributed by atoms with Crippen LogP contribution in [-0.4, -0.2) is 10.9 Å². The van der Waals surface area contributed by atoms with Crippen molar-refractivity contribution in [1.29, 1.82) is 0 Å². The smallest absolute Gasteiger partial charge is 0.234 e. The molecule has 0 bridgehead atoms. The van der Waals surface area contributed by atoms with Crippen LogP contribution in [0.25, 0.3) is 0 Å². The molecule has 104 valence electrons. The first-order chi connectivity index (χ1) is 8.73. The highest BCUT2D eigenvalue weighted by Gasteiger charge is 2.26. The van der Waals surface area contributed by atoms with Crippen LogP contribution in [0.4, 0.5) is 5.69 Å². The van der Waals surface area contributed by atoms with Gasteiger partial charge in [-0.05, 0) is 62.4 Å². The number of hydrogen-bond donors (Lipinski definition) is 2. The maximum Gasteiger partial charge on any atom is 0.234 e. The van der Waals surface area contributed by atoms with Crippen LogP contribution in [0, 0.1) is 18.8 Å². The molecule has 1 amide bonds. The predicted molar refractivity (Wildman–Crippen MR) is 90.3 cm³/mol. The molecule has 3 nitrogen and oxygen atoms in total. The van der Waals surface area contributed by atoms with Crippen molar-refractivity contribution in [3.63, 3.8) is 0 Å². The van der Waals surface area contributed by atoms with Gasteiger partial charge in [0.15, 0.2) is 0 Å². The molecule has 6 heteroatoms. The monoisotopic (exact) mass is 406 g/mol. The van der Waals surface area contributed by atoms with E-state index in [1.54, 1.807) is 0 Å². The lowest BCUT2D eigenvalue weighted by molar-refractivity contribution is -0.118. The van der Waals surface area contributed by atoms with Gasteiger partial charge in [-0.15, -0.1) is 0 Å². The van der Waals surface area contributed by atoms with Crippen LogP contribution in [0.15, 0.2) is 21.1 Å². The van der Waals surface area contributed by atoms with Crippen LogP contribution in [-0.2, 0) is 4.79 Å². The van der Waals surface area contributed by atoms with Crippen molar-refractivity contribution in [3.05, 3.63) is 26.6 Å². The van der Waals surface area contributed by atoms with E-state index >= 15 is 0 Å². The van der Waals surface area contributed by atoms with Crippen LogP contribution in [0.5, 0.6) is 0 Å². The Kier molecular flexibility index (Phi) is 5.95. The molecular weight excluding hydrogens is 392 g/mol.